The van der Waals surface area contributed by atoms with Crippen molar-refractivity contribution in [3.8, 4) is 0 Å². The maximum absolute atomic E-state index is 11.4. The van der Waals surface area contributed by atoms with Crippen LogP contribution in [0.25, 0.3) is 0 Å². The normalized spacial score (nSPS) is 12.0. The van der Waals surface area contributed by atoms with E-state index in [2.05, 4.69) is 5.32 Å². The van der Waals surface area contributed by atoms with Crippen LogP contribution in [-0.2, 0) is 4.74 Å². The van der Waals surface area contributed by atoms with Crippen LogP contribution in [0, 0.1) is 0 Å². The Morgan fingerprint density at radius 1 is 1.50 bits per heavy atom. The second-order valence-corrected chi connectivity index (χ2v) is 4.22. The van der Waals surface area contributed by atoms with Gasteiger partial charge >= 0.3 is 6.09 Å². The van der Waals surface area contributed by atoms with E-state index in [0.717, 1.165) is 6.42 Å². The molecule has 0 radical (unpaired) electrons. The van der Waals surface area contributed by atoms with Crippen molar-refractivity contribution in [3.63, 3.8) is 0 Å². The Morgan fingerprint density at radius 2 is 2.19 bits per heavy atom. The number of anilines is 1. The monoisotopic (exact) mass is 261 g/mol. The third-order valence-electron chi connectivity index (χ3n) is 2.05. The molecule has 0 aliphatic carbocycles. The average Bonchev–Trinajstić information content (AvgIpc) is 2.23. The molecule has 0 saturated carbocycles. The van der Waals surface area contributed by atoms with Gasteiger partial charge in [0, 0.05) is 5.02 Å². The van der Waals surface area contributed by atoms with Crippen LogP contribution in [0.1, 0.15) is 20.3 Å². The Morgan fingerprint density at radius 3 is 2.81 bits per heavy atom. The van der Waals surface area contributed by atoms with Crippen LogP contribution >= 0.6 is 23.2 Å². The lowest BCUT2D eigenvalue weighted by molar-refractivity contribution is 0.118. The molecular formula is C11H13Cl2NO2. The molecule has 0 saturated heterocycles. The van der Waals surface area contributed by atoms with Crippen molar-refractivity contribution in [3.05, 3.63) is 28.2 Å². The number of nitrogens with one attached hydrogen (secondary N) is 1. The van der Waals surface area contributed by atoms with E-state index in [1.807, 2.05) is 13.8 Å². The number of halogens is 2. The van der Waals surface area contributed by atoms with E-state index in [9.17, 15) is 4.79 Å². The number of hydrogen-bond acceptors (Lipinski definition) is 2. The highest BCUT2D eigenvalue weighted by Crippen LogP contribution is 2.25. The Labute approximate surface area is 105 Å². The summed E-state index contributed by atoms with van der Waals surface area (Å²) in [6, 6.07) is 4.83. The van der Waals surface area contributed by atoms with Crippen molar-refractivity contribution < 1.29 is 9.53 Å². The average molecular weight is 262 g/mol. The Kier molecular flexibility index (Phi) is 4.90. The highest BCUT2D eigenvalue weighted by atomic mass is 35.5. The van der Waals surface area contributed by atoms with Crippen LogP contribution in [0.4, 0.5) is 10.5 Å². The van der Waals surface area contributed by atoms with Crippen LogP contribution in [-0.4, -0.2) is 12.2 Å². The van der Waals surface area contributed by atoms with Gasteiger partial charge in [0.2, 0.25) is 0 Å². The SMILES string of the molecule is CCC(C)OC(=O)Nc1cc(Cl)ccc1Cl. The fourth-order valence-corrected chi connectivity index (χ4v) is 1.34. The van der Waals surface area contributed by atoms with Crippen LogP contribution < -0.4 is 5.32 Å². The van der Waals surface area contributed by atoms with Crippen molar-refractivity contribution in [2.45, 2.75) is 26.4 Å². The van der Waals surface area contributed by atoms with Crippen molar-refractivity contribution >= 4 is 35.0 Å². The van der Waals surface area contributed by atoms with Crippen LogP contribution in [0.15, 0.2) is 18.2 Å². The first-order valence-corrected chi connectivity index (χ1v) is 5.71. The maximum atomic E-state index is 11.4. The zero-order chi connectivity index (χ0) is 12.1. The summed E-state index contributed by atoms with van der Waals surface area (Å²) in [5, 5.41) is 3.46. The maximum Gasteiger partial charge on any atom is 0.411 e. The number of carbonyl (C=O) groups is 1. The van der Waals surface area contributed by atoms with E-state index in [4.69, 9.17) is 27.9 Å². The zero-order valence-electron chi connectivity index (χ0n) is 9.09. The van der Waals surface area contributed by atoms with Gasteiger partial charge in [0.05, 0.1) is 10.7 Å². The number of amides is 1. The molecule has 88 valence electrons. The van der Waals surface area contributed by atoms with E-state index in [1.54, 1.807) is 18.2 Å². The Hall–Kier alpha value is -0.930. The molecule has 5 heteroatoms. The van der Waals surface area contributed by atoms with Gasteiger partial charge in [0.25, 0.3) is 0 Å². The molecule has 1 unspecified atom stereocenters. The third kappa shape index (κ3) is 3.91. The molecule has 0 bridgehead atoms. The molecule has 1 N–H and O–H groups in total. The minimum Gasteiger partial charge on any atom is -0.446 e. The van der Waals surface area contributed by atoms with E-state index in [1.165, 1.54) is 0 Å². The molecule has 16 heavy (non-hydrogen) atoms. The van der Waals surface area contributed by atoms with Crippen LogP contribution in [0.5, 0.6) is 0 Å². The molecule has 0 fully saturated rings. The quantitative estimate of drug-likeness (QED) is 0.879. The van der Waals surface area contributed by atoms with E-state index in [0.29, 0.717) is 15.7 Å². The summed E-state index contributed by atoms with van der Waals surface area (Å²) in [6.45, 7) is 3.75. The Bertz CT molecular complexity index is 382. The highest BCUT2D eigenvalue weighted by Gasteiger charge is 2.10. The lowest BCUT2D eigenvalue weighted by atomic mass is 10.3. The first-order chi connectivity index (χ1) is 7.52. The molecule has 1 aromatic carbocycles. The van der Waals surface area contributed by atoms with E-state index >= 15 is 0 Å². The molecule has 1 rings (SSSR count). The smallest absolute Gasteiger partial charge is 0.411 e. The zero-order valence-corrected chi connectivity index (χ0v) is 10.6. The van der Waals surface area contributed by atoms with Crippen molar-refractivity contribution in [2.75, 3.05) is 5.32 Å². The minimum absolute atomic E-state index is 0.127. The van der Waals surface area contributed by atoms with Gasteiger partial charge in [-0.2, -0.15) is 0 Å². The van der Waals surface area contributed by atoms with E-state index in [-0.39, 0.29) is 6.10 Å². The summed E-state index contributed by atoms with van der Waals surface area (Å²) < 4.78 is 5.05. The van der Waals surface area contributed by atoms with E-state index < -0.39 is 6.09 Å². The van der Waals surface area contributed by atoms with Gasteiger partial charge in [-0.15, -0.1) is 0 Å². The lowest BCUT2D eigenvalue weighted by Crippen LogP contribution is -2.19. The van der Waals surface area contributed by atoms with Crippen LogP contribution in [0.2, 0.25) is 10.0 Å². The summed E-state index contributed by atoms with van der Waals surface area (Å²) >= 11 is 11.7. The summed E-state index contributed by atoms with van der Waals surface area (Å²) in [7, 11) is 0. The largest absolute Gasteiger partial charge is 0.446 e. The van der Waals surface area contributed by atoms with Gasteiger partial charge < -0.3 is 4.74 Å². The number of hydrogen-bond donors (Lipinski definition) is 1. The molecule has 3 nitrogen and oxygen atoms in total. The van der Waals surface area contributed by atoms with Gasteiger partial charge in [0.15, 0.2) is 0 Å². The molecular weight excluding hydrogens is 249 g/mol. The highest BCUT2D eigenvalue weighted by molar-refractivity contribution is 6.35. The fraction of sp³-hybridized carbons (Fsp3) is 0.364. The summed E-state index contributed by atoms with van der Waals surface area (Å²) in [4.78, 5) is 11.4. The first kappa shape index (κ1) is 13.1. The van der Waals surface area contributed by atoms with Crippen LogP contribution in [0.3, 0.4) is 0 Å². The van der Waals surface area contributed by atoms with Crippen molar-refractivity contribution in [1.82, 2.24) is 0 Å². The van der Waals surface area contributed by atoms with Crippen molar-refractivity contribution in [2.24, 2.45) is 0 Å². The molecule has 1 amide bonds. The van der Waals surface area contributed by atoms with Gasteiger partial charge in [-0.1, -0.05) is 30.1 Å². The van der Waals surface area contributed by atoms with Gasteiger partial charge in [-0.25, -0.2) is 4.79 Å². The predicted molar refractivity (Wildman–Crippen MR) is 66.3 cm³/mol. The predicted octanol–water partition coefficient (Wildman–Crippen LogP) is 4.34. The van der Waals surface area contributed by atoms with Gasteiger partial charge in [0.1, 0.15) is 6.10 Å². The molecule has 1 aromatic rings. The standard InChI is InChI=1S/C11H13Cl2NO2/c1-3-7(2)16-11(15)14-10-6-8(12)4-5-9(10)13/h4-7H,3H2,1-2H3,(H,14,15). The fourth-order valence-electron chi connectivity index (χ4n) is 0.999. The molecule has 0 heterocycles. The molecule has 1 atom stereocenters. The van der Waals surface area contributed by atoms with Gasteiger partial charge in [-0.05, 0) is 31.5 Å². The number of rotatable bonds is 3. The van der Waals surface area contributed by atoms with Gasteiger partial charge in [-0.3, -0.25) is 5.32 Å². The minimum atomic E-state index is -0.529. The summed E-state index contributed by atoms with van der Waals surface area (Å²) in [5.74, 6) is 0. The number of ether oxygens (including phenoxy) is 1. The van der Waals surface area contributed by atoms with Crippen molar-refractivity contribution in [1.29, 1.82) is 0 Å². The molecule has 0 aromatic heterocycles. The second kappa shape index (κ2) is 5.97. The first-order valence-electron chi connectivity index (χ1n) is 4.95. The third-order valence-corrected chi connectivity index (χ3v) is 2.61. The molecule has 0 aliphatic rings. The second-order valence-electron chi connectivity index (χ2n) is 3.37. The number of carbonyl (C=O) groups excluding carboxylic acids is 1. The summed E-state index contributed by atoms with van der Waals surface area (Å²) in [5.41, 5.74) is 0.447. The topological polar surface area (TPSA) is 38.3 Å². The lowest BCUT2D eigenvalue weighted by Gasteiger charge is -2.12. The Balaban J connectivity index is 2.65. The molecule has 0 spiro atoms. The summed E-state index contributed by atoms with van der Waals surface area (Å²) in [6.07, 6.45) is 0.105. The number of benzene rings is 1. The molecule has 0 aliphatic heterocycles.